The first kappa shape index (κ1) is 31.2. The minimum absolute atomic E-state index is 0.0274. The lowest BCUT2D eigenvalue weighted by molar-refractivity contribution is -0.144. The Bertz CT molecular complexity index is 947. The number of carbonyl (C=O) groups is 1. The number of hydrogen-bond donors (Lipinski definition) is 2. The highest BCUT2D eigenvalue weighted by atomic mass is 79.9. The molecule has 0 radical (unpaired) electrons. The summed E-state index contributed by atoms with van der Waals surface area (Å²) in [6.45, 7) is 9.59. The van der Waals surface area contributed by atoms with Gasteiger partial charge in [-0.2, -0.15) is 0 Å². The van der Waals surface area contributed by atoms with Gasteiger partial charge in [-0.05, 0) is 51.0 Å². The molecule has 0 saturated carbocycles. The van der Waals surface area contributed by atoms with Gasteiger partial charge < -0.3 is 29.4 Å². The summed E-state index contributed by atoms with van der Waals surface area (Å²) in [6.07, 6.45) is 1.83. The molecule has 2 rings (SSSR count). The van der Waals surface area contributed by atoms with Gasteiger partial charge in [-0.25, -0.2) is 0 Å². The van der Waals surface area contributed by atoms with Crippen LogP contribution in [0.2, 0.25) is 0 Å². The van der Waals surface area contributed by atoms with Crippen molar-refractivity contribution in [1.29, 1.82) is 0 Å². The van der Waals surface area contributed by atoms with E-state index in [1.807, 2.05) is 36.4 Å². The number of ether oxygens (including phenoxy) is 4. The molecule has 0 amide bonds. The lowest BCUT2D eigenvalue weighted by Crippen LogP contribution is -2.32. The van der Waals surface area contributed by atoms with Crippen molar-refractivity contribution in [2.24, 2.45) is 0 Å². The summed E-state index contributed by atoms with van der Waals surface area (Å²) in [7, 11) is 1.62. The third-order valence-electron chi connectivity index (χ3n) is 5.95. The highest BCUT2D eigenvalue weighted by Gasteiger charge is 2.28. The minimum atomic E-state index is -0.487. The fourth-order valence-electron chi connectivity index (χ4n) is 3.76. The molecule has 0 heterocycles. The molecular weight excluding hydrogens is 538 g/mol. The van der Waals surface area contributed by atoms with Crippen LogP contribution >= 0.6 is 15.9 Å². The number of esters is 1. The van der Waals surface area contributed by atoms with Gasteiger partial charge in [0, 0.05) is 18.7 Å². The number of benzene rings is 2. The first-order valence-corrected chi connectivity index (χ1v) is 13.6. The van der Waals surface area contributed by atoms with Crippen LogP contribution in [-0.2, 0) is 24.4 Å². The largest absolute Gasteiger partial charge is 0.466 e. The maximum Gasteiger partial charge on any atom is 0.307 e. The number of halogens is 1. The Hall–Kier alpha value is -1.97. The molecule has 2 aromatic rings. The minimum Gasteiger partial charge on any atom is -0.466 e. The Balaban J connectivity index is 2.48. The molecule has 0 fully saturated rings. The van der Waals surface area contributed by atoms with E-state index >= 15 is 0 Å². The van der Waals surface area contributed by atoms with Gasteiger partial charge in [0.2, 0.25) is 0 Å². The van der Waals surface area contributed by atoms with Gasteiger partial charge >= 0.3 is 5.97 Å². The standard InChI is InChI=1S/C29H42BrNO6/c1-6-7-13-36-27(33)18-25(31-26(19-32)21-11-9-8-10-12-21)23-16-22(29(2,3)4)17-24(30)28(23)37-20-35-15-14-34-5/h8-12,16-17,25-26,31-32H,6-7,13-15,18-20H2,1-5H3/t25?,26-/m1/s1. The topological polar surface area (TPSA) is 86.3 Å². The molecule has 0 aromatic heterocycles. The predicted octanol–water partition coefficient (Wildman–Crippen LogP) is 5.84. The quantitative estimate of drug-likeness (QED) is 0.147. The number of hydrogen-bond acceptors (Lipinski definition) is 7. The molecule has 2 atom stereocenters. The van der Waals surface area contributed by atoms with Crippen LogP contribution in [0.1, 0.15) is 75.7 Å². The van der Waals surface area contributed by atoms with Gasteiger partial charge in [0.15, 0.2) is 6.79 Å². The number of methoxy groups -OCH3 is 1. The summed E-state index contributed by atoms with van der Waals surface area (Å²) in [5.41, 5.74) is 2.64. The van der Waals surface area contributed by atoms with Crippen LogP contribution in [0.3, 0.4) is 0 Å². The summed E-state index contributed by atoms with van der Waals surface area (Å²) in [5.74, 6) is 0.268. The molecule has 0 bridgehead atoms. The Morgan fingerprint density at radius 1 is 1.08 bits per heavy atom. The number of carbonyl (C=O) groups excluding carboxylic acids is 1. The summed E-state index contributed by atoms with van der Waals surface area (Å²) in [6, 6.07) is 12.9. The summed E-state index contributed by atoms with van der Waals surface area (Å²) in [4.78, 5) is 12.9. The first-order valence-electron chi connectivity index (χ1n) is 12.8. The lowest BCUT2D eigenvalue weighted by Gasteiger charge is -2.29. The van der Waals surface area contributed by atoms with E-state index in [0.717, 1.165) is 34.0 Å². The molecule has 2 aromatic carbocycles. The third kappa shape index (κ3) is 10.4. The van der Waals surface area contributed by atoms with Gasteiger partial charge in [-0.15, -0.1) is 0 Å². The van der Waals surface area contributed by atoms with Crippen molar-refractivity contribution >= 4 is 21.9 Å². The second-order valence-corrected chi connectivity index (χ2v) is 10.8. The van der Waals surface area contributed by atoms with Crippen molar-refractivity contribution in [3.8, 4) is 5.75 Å². The molecule has 8 heteroatoms. The molecule has 7 nitrogen and oxygen atoms in total. The van der Waals surface area contributed by atoms with E-state index in [-0.39, 0.29) is 31.2 Å². The van der Waals surface area contributed by atoms with Crippen molar-refractivity contribution in [3.63, 3.8) is 0 Å². The van der Waals surface area contributed by atoms with E-state index in [9.17, 15) is 9.90 Å². The SMILES string of the molecule is CCCCOC(=O)CC(N[C@H](CO)c1ccccc1)c1cc(C(C)(C)C)cc(Br)c1OCOCCOC. The molecule has 1 unspecified atom stereocenters. The van der Waals surface area contributed by atoms with Crippen molar-refractivity contribution in [1.82, 2.24) is 5.32 Å². The average Bonchev–Trinajstić information content (AvgIpc) is 2.87. The van der Waals surface area contributed by atoms with Crippen LogP contribution < -0.4 is 10.1 Å². The average molecular weight is 581 g/mol. The van der Waals surface area contributed by atoms with E-state index in [1.165, 1.54) is 0 Å². The molecule has 0 aliphatic carbocycles. The highest BCUT2D eigenvalue weighted by molar-refractivity contribution is 9.10. The maximum atomic E-state index is 12.9. The van der Waals surface area contributed by atoms with Crippen LogP contribution in [-0.4, -0.2) is 51.4 Å². The smallest absolute Gasteiger partial charge is 0.307 e. The van der Waals surface area contributed by atoms with E-state index in [4.69, 9.17) is 18.9 Å². The van der Waals surface area contributed by atoms with E-state index in [0.29, 0.717) is 25.6 Å². The van der Waals surface area contributed by atoms with Crippen molar-refractivity contribution in [2.45, 2.75) is 64.5 Å². The second kappa shape index (κ2) is 16.1. The summed E-state index contributed by atoms with van der Waals surface area (Å²) in [5, 5.41) is 13.8. The van der Waals surface area contributed by atoms with Gasteiger partial charge in [-0.1, -0.05) is 64.4 Å². The Kier molecular flexibility index (Phi) is 13.6. The molecule has 2 N–H and O–H groups in total. The Labute approximate surface area is 230 Å². The van der Waals surface area contributed by atoms with Crippen LogP contribution in [0.5, 0.6) is 5.75 Å². The zero-order valence-electron chi connectivity index (χ0n) is 22.7. The number of rotatable bonds is 16. The van der Waals surface area contributed by atoms with Crippen LogP contribution in [0.4, 0.5) is 0 Å². The summed E-state index contributed by atoms with van der Waals surface area (Å²) < 4.78 is 23.0. The number of nitrogens with one attached hydrogen (secondary N) is 1. The zero-order valence-corrected chi connectivity index (χ0v) is 24.3. The number of unbranched alkanes of at least 4 members (excludes halogenated alkanes) is 1. The Morgan fingerprint density at radius 3 is 2.43 bits per heavy atom. The summed E-state index contributed by atoms with van der Waals surface area (Å²) >= 11 is 3.69. The van der Waals surface area contributed by atoms with Gasteiger partial charge in [0.05, 0.1) is 43.4 Å². The predicted molar refractivity (Wildman–Crippen MR) is 149 cm³/mol. The second-order valence-electron chi connectivity index (χ2n) is 9.93. The van der Waals surface area contributed by atoms with Gasteiger partial charge in [0.25, 0.3) is 0 Å². The first-order chi connectivity index (χ1) is 17.7. The van der Waals surface area contributed by atoms with Crippen LogP contribution in [0, 0.1) is 0 Å². The molecule has 0 spiro atoms. The Morgan fingerprint density at radius 2 is 1.81 bits per heavy atom. The molecule has 37 heavy (non-hydrogen) atoms. The third-order valence-corrected chi connectivity index (χ3v) is 6.54. The fraction of sp³-hybridized carbons (Fsp3) is 0.552. The lowest BCUT2D eigenvalue weighted by atomic mass is 9.84. The van der Waals surface area contributed by atoms with Crippen molar-refractivity contribution < 1.29 is 28.8 Å². The molecule has 0 aliphatic rings. The zero-order chi connectivity index (χ0) is 27.3. The van der Waals surface area contributed by atoms with E-state index < -0.39 is 12.1 Å². The van der Waals surface area contributed by atoms with Gasteiger partial charge in [0.1, 0.15) is 5.75 Å². The van der Waals surface area contributed by atoms with Crippen molar-refractivity contribution in [2.75, 3.05) is 40.3 Å². The number of aliphatic hydroxyl groups is 1. The van der Waals surface area contributed by atoms with Gasteiger partial charge in [-0.3, -0.25) is 4.79 Å². The van der Waals surface area contributed by atoms with Crippen molar-refractivity contribution in [3.05, 3.63) is 63.6 Å². The fourth-order valence-corrected chi connectivity index (χ4v) is 4.35. The highest BCUT2D eigenvalue weighted by Crippen LogP contribution is 2.40. The monoisotopic (exact) mass is 579 g/mol. The molecule has 0 saturated heterocycles. The van der Waals surface area contributed by atoms with E-state index in [1.54, 1.807) is 7.11 Å². The number of aliphatic hydroxyl groups excluding tert-OH is 1. The maximum absolute atomic E-state index is 12.9. The molecule has 206 valence electrons. The van der Waals surface area contributed by atoms with Crippen LogP contribution in [0.15, 0.2) is 46.9 Å². The molecular formula is C29H42BrNO6. The normalized spacial score (nSPS) is 13.3. The molecule has 0 aliphatic heterocycles. The van der Waals surface area contributed by atoms with E-state index in [2.05, 4.69) is 55.0 Å². The van der Waals surface area contributed by atoms with Crippen LogP contribution in [0.25, 0.3) is 0 Å².